The quantitative estimate of drug-likeness (QED) is 0.169. The number of hydrogen-bond donors (Lipinski definition) is 0. The molecule has 0 radical (unpaired) electrons. The van der Waals surface area contributed by atoms with Gasteiger partial charge in [0.1, 0.15) is 28.0 Å². The summed E-state index contributed by atoms with van der Waals surface area (Å²) in [5, 5.41) is 2.96. The van der Waals surface area contributed by atoms with Gasteiger partial charge in [0, 0.05) is 44.0 Å². The van der Waals surface area contributed by atoms with Crippen LogP contribution in [0.4, 0.5) is 0 Å². The monoisotopic (exact) mass is 719 g/mol. The van der Waals surface area contributed by atoms with Gasteiger partial charge in [0.25, 0.3) is 0 Å². The highest BCUT2D eigenvalue weighted by Gasteiger charge is 2.19. The maximum atomic E-state index is 6.47. The molecule has 0 N–H and O–H groups in total. The summed E-state index contributed by atoms with van der Waals surface area (Å²) in [6, 6.07) is 58.9. The van der Waals surface area contributed by atoms with E-state index in [0.717, 1.165) is 83.1 Å². The SMILES string of the molecule is c1ccc(-c2nc(-c3ccccc3)nc(-c3ccc4oc5cc(-c6cccc(-c7nc(-c8ccccc8)nc8c7oc7ccccc78)c6)ccc5c4c3)n2)cc1. The van der Waals surface area contributed by atoms with Crippen molar-refractivity contribution in [2.75, 3.05) is 0 Å². The molecule has 0 aliphatic rings. The number of aromatic nitrogens is 5. The average molecular weight is 720 g/mol. The van der Waals surface area contributed by atoms with E-state index >= 15 is 0 Å². The van der Waals surface area contributed by atoms with Crippen LogP contribution in [0.3, 0.4) is 0 Å². The fourth-order valence-corrected chi connectivity index (χ4v) is 7.38. The molecule has 262 valence electrons. The second kappa shape index (κ2) is 13.0. The molecule has 11 rings (SSSR count). The number of furan rings is 2. The van der Waals surface area contributed by atoms with Gasteiger partial charge in [0.2, 0.25) is 0 Å². The van der Waals surface area contributed by atoms with E-state index in [2.05, 4.69) is 48.5 Å². The number of benzene rings is 7. The van der Waals surface area contributed by atoms with E-state index in [1.54, 1.807) is 0 Å². The first-order chi connectivity index (χ1) is 27.7. The fourth-order valence-electron chi connectivity index (χ4n) is 7.38. The molecule has 0 atom stereocenters. The van der Waals surface area contributed by atoms with Crippen LogP contribution in [-0.4, -0.2) is 24.9 Å². The minimum atomic E-state index is 0.598. The first kappa shape index (κ1) is 31.7. The third-order valence-electron chi connectivity index (χ3n) is 10.1. The van der Waals surface area contributed by atoms with Gasteiger partial charge in [-0.2, -0.15) is 0 Å². The lowest BCUT2D eigenvalue weighted by atomic mass is 9.99. The maximum absolute atomic E-state index is 6.47. The summed E-state index contributed by atoms with van der Waals surface area (Å²) in [5.74, 6) is 2.49. The van der Waals surface area contributed by atoms with Gasteiger partial charge in [-0.25, -0.2) is 24.9 Å². The van der Waals surface area contributed by atoms with E-state index in [1.165, 1.54) is 0 Å². The molecule has 0 unspecified atom stereocenters. The number of rotatable bonds is 6. The molecule has 4 aromatic heterocycles. The number of hydrogen-bond acceptors (Lipinski definition) is 7. The highest BCUT2D eigenvalue weighted by atomic mass is 16.3. The van der Waals surface area contributed by atoms with E-state index in [0.29, 0.717) is 28.9 Å². The molecule has 11 aromatic rings. The number of nitrogens with zero attached hydrogens (tertiary/aromatic N) is 5. The van der Waals surface area contributed by atoms with Gasteiger partial charge >= 0.3 is 0 Å². The zero-order valence-electron chi connectivity index (χ0n) is 29.8. The van der Waals surface area contributed by atoms with Crippen LogP contribution < -0.4 is 0 Å². The Morgan fingerprint density at radius 2 is 0.821 bits per heavy atom. The number of fused-ring (bicyclic) bond motifs is 6. The average Bonchev–Trinajstić information content (AvgIpc) is 3.84. The summed E-state index contributed by atoms with van der Waals surface area (Å²) >= 11 is 0. The Kier molecular flexibility index (Phi) is 7.35. The third-order valence-corrected chi connectivity index (χ3v) is 10.1. The highest BCUT2D eigenvalue weighted by molar-refractivity contribution is 6.08. The molecule has 0 aliphatic heterocycles. The number of para-hydroxylation sites is 1. The molecule has 0 aliphatic carbocycles. The molecule has 0 saturated carbocycles. The van der Waals surface area contributed by atoms with Crippen molar-refractivity contribution in [3.63, 3.8) is 0 Å². The van der Waals surface area contributed by atoms with E-state index in [1.807, 2.05) is 127 Å². The van der Waals surface area contributed by atoms with Crippen molar-refractivity contribution in [1.82, 2.24) is 24.9 Å². The van der Waals surface area contributed by atoms with Crippen LogP contribution in [0.1, 0.15) is 0 Å². The minimum Gasteiger partial charge on any atom is -0.456 e. The summed E-state index contributed by atoms with van der Waals surface area (Å²) in [4.78, 5) is 24.8. The van der Waals surface area contributed by atoms with Crippen LogP contribution in [0.15, 0.2) is 185 Å². The van der Waals surface area contributed by atoms with Crippen molar-refractivity contribution < 1.29 is 8.83 Å². The zero-order valence-corrected chi connectivity index (χ0v) is 29.8. The summed E-state index contributed by atoms with van der Waals surface area (Å²) in [6.45, 7) is 0. The maximum Gasteiger partial charge on any atom is 0.180 e. The van der Waals surface area contributed by atoms with Gasteiger partial charge in [-0.05, 0) is 59.7 Å². The van der Waals surface area contributed by atoms with Crippen molar-refractivity contribution in [3.8, 4) is 67.9 Å². The van der Waals surface area contributed by atoms with Crippen LogP contribution in [0.25, 0.3) is 112 Å². The van der Waals surface area contributed by atoms with E-state index < -0.39 is 0 Å². The molecule has 7 heteroatoms. The van der Waals surface area contributed by atoms with Gasteiger partial charge in [-0.3, -0.25) is 0 Å². The van der Waals surface area contributed by atoms with Gasteiger partial charge < -0.3 is 8.83 Å². The van der Waals surface area contributed by atoms with Crippen molar-refractivity contribution in [3.05, 3.63) is 176 Å². The molecular weight excluding hydrogens is 691 g/mol. The smallest absolute Gasteiger partial charge is 0.180 e. The molecule has 0 saturated heterocycles. The summed E-state index contributed by atoms with van der Waals surface area (Å²) < 4.78 is 12.9. The molecule has 0 spiro atoms. The summed E-state index contributed by atoms with van der Waals surface area (Å²) in [5.41, 5.74) is 11.2. The van der Waals surface area contributed by atoms with Crippen LogP contribution in [-0.2, 0) is 0 Å². The Bertz CT molecular complexity index is 3190. The van der Waals surface area contributed by atoms with E-state index in [-0.39, 0.29) is 0 Å². The fraction of sp³-hybridized carbons (Fsp3) is 0. The molecule has 0 amide bonds. The Labute approximate surface area is 320 Å². The van der Waals surface area contributed by atoms with Crippen LogP contribution >= 0.6 is 0 Å². The molecule has 56 heavy (non-hydrogen) atoms. The van der Waals surface area contributed by atoms with Crippen LogP contribution in [0, 0.1) is 0 Å². The van der Waals surface area contributed by atoms with Gasteiger partial charge in [-0.15, -0.1) is 0 Å². The molecular formula is C49H29N5O2. The van der Waals surface area contributed by atoms with Crippen molar-refractivity contribution >= 4 is 44.0 Å². The topological polar surface area (TPSA) is 90.7 Å². The minimum absolute atomic E-state index is 0.598. The molecule has 0 fully saturated rings. The largest absolute Gasteiger partial charge is 0.456 e. The Hall–Kier alpha value is -7.77. The Balaban J connectivity index is 1.00. The third kappa shape index (κ3) is 5.49. The lowest BCUT2D eigenvalue weighted by Crippen LogP contribution is -2.00. The first-order valence-electron chi connectivity index (χ1n) is 18.4. The Morgan fingerprint density at radius 1 is 0.286 bits per heavy atom. The lowest BCUT2D eigenvalue weighted by Gasteiger charge is -2.09. The molecule has 4 heterocycles. The predicted molar refractivity (Wildman–Crippen MR) is 223 cm³/mol. The first-order valence-corrected chi connectivity index (χ1v) is 18.4. The summed E-state index contributed by atoms with van der Waals surface area (Å²) in [7, 11) is 0. The van der Waals surface area contributed by atoms with E-state index in [4.69, 9.17) is 33.8 Å². The standard InChI is InChI=1S/C49H29N5O2/c1-4-13-30(14-5-1)46-50-43(45-44(51-46)38-21-10-11-22-40(38)56-45)35-20-12-19-33(27-35)34-23-25-37-39-28-36(24-26-41(39)55-42(37)29-34)49-53-47(31-15-6-2-7-16-31)52-48(54-49)32-17-8-3-9-18-32/h1-29H. The van der Waals surface area contributed by atoms with Gasteiger partial charge in [0.15, 0.2) is 28.9 Å². The van der Waals surface area contributed by atoms with Crippen LogP contribution in [0.5, 0.6) is 0 Å². The second-order valence-corrected chi connectivity index (χ2v) is 13.7. The van der Waals surface area contributed by atoms with E-state index in [9.17, 15) is 0 Å². The molecule has 7 aromatic carbocycles. The Morgan fingerprint density at radius 3 is 1.52 bits per heavy atom. The van der Waals surface area contributed by atoms with Crippen molar-refractivity contribution in [2.24, 2.45) is 0 Å². The predicted octanol–water partition coefficient (Wildman–Crippen LogP) is 12.5. The van der Waals surface area contributed by atoms with Crippen LogP contribution in [0.2, 0.25) is 0 Å². The van der Waals surface area contributed by atoms with Crippen molar-refractivity contribution in [2.45, 2.75) is 0 Å². The van der Waals surface area contributed by atoms with Gasteiger partial charge in [-0.1, -0.05) is 127 Å². The van der Waals surface area contributed by atoms with Gasteiger partial charge in [0.05, 0.1) is 0 Å². The normalized spacial score (nSPS) is 11.6. The lowest BCUT2D eigenvalue weighted by molar-refractivity contribution is 0.667. The molecule has 7 nitrogen and oxygen atoms in total. The van der Waals surface area contributed by atoms with Crippen molar-refractivity contribution in [1.29, 1.82) is 0 Å². The highest BCUT2D eigenvalue weighted by Crippen LogP contribution is 2.39. The summed E-state index contributed by atoms with van der Waals surface area (Å²) in [6.07, 6.45) is 0. The second-order valence-electron chi connectivity index (χ2n) is 13.7. The molecule has 0 bridgehead atoms. The zero-order chi connectivity index (χ0) is 37.0.